The average molecular weight is 359 g/mol. The highest BCUT2D eigenvalue weighted by molar-refractivity contribution is 5.88. The van der Waals surface area contributed by atoms with Gasteiger partial charge in [0.1, 0.15) is 19.0 Å². The molecule has 0 bridgehead atoms. The van der Waals surface area contributed by atoms with E-state index in [1.807, 2.05) is 31.2 Å². The van der Waals surface area contributed by atoms with Gasteiger partial charge in [0, 0.05) is 20.2 Å². The molecule has 0 saturated heterocycles. The van der Waals surface area contributed by atoms with E-state index < -0.39 is 0 Å². The number of rotatable bonds is 9. The summed E-state index contributed by atoms with van der Waals surface area (Å²) in [6.45, 7) is 3.79. The summed E-state index contributed by atoms with van der Waals surface area (Å²) in [5.41, 5.74) is 1.67. The Bertz CT molecular complexity index is 691. The molecule has 2 amide bonds. The highest BCUT2D eigenvalue weighted by Gasteiger charge is 2.09. The quantitative estimate of drug-likeness (QED) is 0.697. The third-order valence-corrected chi connectivity index (χ3v) is 3.65. The Labute approximate surface area is 153 Å². The molecule has 0 aliphatic carbocycles. The number of methoxy groups -OCH3 is 1. The Morgan fingerprint density at radius 3 is 2.62 bits per heavy atom. The topological polar surface area (TPSA) is 72.9 Å². The second-order valence-corrected chi connectivity index (χ2v) is 5.69. The molecular formula is C19H25N3O4. The van der Waals surface area contributed by atoms with Crippen LogP contribution in [0.25, 0.3) is 0 Å². The van der Waals surface area contributed by atoms with E-state index in [1.165, 1.54) is 0 Å². The number of ether oxygens (including phenoxy) is 3. The molecule has 2 rings (SSSR count). The molecule has 0 aliphatic heterocycles. The molecule has 2 aromatic rings. The first-order valence-electron chi connectivity index (χ1n) is 8.38. The summed E-state index contributed by atoms with van der Waals surface area (Å²) in [6.07, 6.45) is 1.55. The highest BCUT2D eigenvalue weighted by Crippen LogP contribution is 2.16. The molecule has 1 heterocycles. The Morgan fingerprint density at radius 2 is 1.92 bits per heavy atom. The molecule has 1 aromatic carbocycles. The van der Waals surface area contributed by atoms with Crippen molar-refractivity contribution in [2.24, 2.45) is 0 Å². The first-order valence-corrected chi connectivity index (χ1v) is 8.38. The van der Waals surface area contributed by atoms with Crippen LogP contribution in [0, 0.1) is 6.92 Å². The van der Waals surface area contributed by atoms with Crippen molar-refractivity contribution in [3.63, 3.8) is 0 Å². The Hall–Kier alpha value is -2.80. The van der Waals surface area contributed by atoms with E-state index in [0.29, 0.717) is 37.9 Å². The standard InChI is InChI=1S/C19H25N3O4/c1-15-6-4-5-7-17(15)25-11-10-22(2)19(23)21-16-8-9-18(20-14-16)26-13-12-24-3/h4-9,14H,10-13H2,1-3H3,(H,21,23). The van der Waals surface area contributed by atoms with Crippen molar-refractivity contribution in [2.75, 3.05) is 45.8 Å². The molecule has 7 nitrogen and oxygen atoms in total. The van der Waals surface area contributed by atoms with Gasteiger partial charge in [0.15, 0.2) is 0 Å². The third-order valence-electron chi connectivity index (χ3n) is 3.65. The van der Waals surface area contributed by atoms with E-state index >= 15 is 0 Å². The number of carbonyl (C=O) groups excluding carboxylic acids is 1. The number of anilines is 1. The summed E-state index contributed by atoms with van der Waals surface area (Å²) in [5, 5.41) is 2.78. The predicted molar refractivity (Wildman–Crippen MR) is 99.9 cm³/mol. The Morgan fingerprint density at radius 1 is 1.12 bits per heavy atom. The van der Waals surface area contributed by atoms with Gasteiger partial charge in [-0.25, -0.2) is 9.78 Å². The first kappa shape index (κ1) is 19.5. The number of urea groups is 1. The maximum Gasteiger partial charge on any atom is 0.321 e. The number of carbonyl (C=O) groups is 1. The average Bonchev–Trinajstić information content (AvgIpc) is 2.65. The van der Waals surface area contributed by atoms with Crippen LogP contribution >= 0.6 is 0 Å². The van der Waals surface area contributed by atoms with Crippen molar-refractivity contribution < 1.29 is 19.0 Å². The van der Waals surface area contributed by atoms with Crippen molar-refractivity contribution in [2.45, 2.75) is 6.92 Å². The van der Waals surface area contributed by atoms with Crippen LogP contribution in [-0.4, -0.2) is 56.4 Å². The Kier molecular flexibility index (Phi) is 7.70. The van der Waals surface area contributed by atoms with Gasteiger partial charge in [-0.2, -0.15) is 0 Å². The van der Waals surface area contributed by atoms with E-state index in [1.54, 1.807) is 37.4 Å². The monoisotopic (exact) mass is 359 g/mol. The van der Waals surface area contributed by atoms with Crippen LogP contribution in [0.15, 0.2) is 42.6 Å². The predicted octanol–water partition coefficient (Wildman–Crippen LogP) is 2.96. The maximum absolute atomic E-state index is 12.2. The minimum absolute atomic E-state index is 0.228. The summed E-state index contributed by atoms with van der Waals surface area (Å²) in [4.78, 5) is 17.9. The van der Waals surface area contributed by atoms with E-state index in [-0.39, 0.29) is 6.03 Å². The highest BCUT2D eigenvalue weighted by atomic mass is 16.5. The number of para-hydroxylation sites is 1. The lowest BCUT2D eigenvalue weighted by molar-refractivity contribution is 0.144. The number of nitrogens with zero attached hydrogens (tertiary/aromatic N) is 2. The minimum Gasteiger partial charge on any atom is -0.491 e. The van der Waals surface area contributed by atoms with Crippen LogP contribution in [-0.2, 0) is 4.74 Å². The van der Waals surface area contributed by atoms with Gasteiger partial charge in [0.2, 0.25) is 5.88 Å². The van der Waals surface area contributed by atoms with Crippen LogP contribution in [0.3, 0.4) is 0 Å². The van der Waals surface area contributed by atoms with E-state index in [9.17, 15) is 4.79 Å². The number of aromatic nitrogens is 1. The molecule has 0 spiro atoms. The zero-order chi connectivity index (χ0) is 18.8. The molecule has 0 aliphatic rings. The fourth-order valence-corrected chi connectivity index (χ4v) is 2.10. The Balaban J connectivity index is 1.75. The largest absolute Gasteiger partial charge is 0.491 e. The van der Waals surface area contributed by atoms with Crippen molar-refractivity contribution in [1.82, 2.24) is 9.88 Å². The van der Waals surface area contributed by atoms with Crippen molar-refractivity contribution in [1.29, 1.82) is 0 Å². The van der Waals surface area contributed by atoms with Crippen molar-refractivity contribution >= 4 is 11.7 Å². The second-order valence-electron chi connectivity index (χ2n) is 5.69. The summed E-state index contributed by atoms with van der Waals surface area (Å²) < 4.78 is 16.0. The molecule has 0 fully saturated rings. The molecule has 0 atom stereocenters. The first-order chi connectivity index (χ1) is 12.6. The van der Waals surface area contributed by atoms with Crippen molar-refractivity contribution in [3.8, 4) is 11.6 Å². The van der Waals surface area contributed by atoms with Crippen LogP contribution in [0.4, 0.5) is 10.5 Å². The number of nitrogens with one attached hydrogen (secondary N) is 1. The van der Waals surface area contributed by atoms with Crippen LogP contribution in [0.2, 0.25) is 0 Å². The number of aryl methyl sites for hydroxylation is 1. The zero-order valence-corrected chi connectivity index (χ0v) is 15.4. The van der Waals surface area contributed by atoms with Crippen LogP contribution in [0.5, 0.6) is 11.6 Å². The normalized spacial score (nSPS) is 10.3. The third kappa shape index (κ3) is 6.25. The van der Waals surface area contributed by atoms with E-state index in [0.717, 1.165) is 11.3 Å². The number of hydrogen-bond acceptors (Lipinski definition) is 5. The molecule has 140 valence electrons. The van der Waals surface area contributed by atoms with Crippen LogP contribution < -0.4 is 14.8 Å². The van der Waals surface area contributed by atoms with Crippen molar-refractivity contribution in [3.05, 3.63) is 48.2 Å². The van der Waals surface area contributed by atoms with Gasteiger partial charge in [-0.15, -0.1) is 0 Å². The van der Waals surface area contributed by atoms with Gasteiger partial charge < -0.3 is 24.4 Å². The number of hydrogen-bond donors (Lipinski definition) is 1. The SMILES string of the molecule is COCCOc1ccc(NC(=O)N(C)CCOc2ccccc2C)cn1. The second kappa shape index (κ2) is 10.2. The molecule has 26 heavy (non-hydrogen) atoms. The van der Waals surface area contributed by atoms with Gasteiger partial charge in [-0.3, -0.25) is 0 Å². The number of likely N-dealkylation sites (N-methyl/N-ethyl adjacent to an activating group) is 1. The van der Waals surface area contributed by atoms with Crippen LogP contribution in [0.1, 0.15) is 5.56 Å². The fourth-order valence-electron chi connectivity index (χ4n) is 2.10. The number of benzene rings is 1. The lowest BCUT2D eigenvalue weighted by atomic mass is 10.2. The number of pyridine rings is 1. The fraction of sp³-hybridized carbons (Fsp3) is 0.368. The summed E-state index contributed by atoms with van der Waals surface area (Å²) in [6, 6.07) is 11.0. The summed E-state index contributed by atoms with van der Waals surface area (Å²) >= 11 is 0. The minimum atomic E-state index is -0.228. The van der Waals surface area contributed by atoms with Gasteiger partial charge in [0.05, 0.1) is 25.0 Å². The molecule has 0 saturated carbocycles. The lowest BCUT2D eigenvalue weighted by Gasteiger charge is -2.18. The van der Waals surface area contributed by atoms with Gasteiger partial charge >= 0.3 is 6.03 Å². The lowest BCUT2D eigenvalue weighted by Crippen LogP contribution is -2.34. The molecule has 0 radical (unpaired) electrons. The van der Waals surface area contributed by atoms with E-state index in [4.69, 9.17) is 14.2 Å². The molecule has 7 heteroatoms. The van der Waals surface area contributed by atoms with Gasteiger partial charge in [-0.05, 0) is 24.6 Å². The van der Waals surface area contributed by atoms with Gasteiger partial charge in [-0.1, -0.05) is 18.2 Å². The smallest absolute Gasteiger partial charge is 0.321 e. The maximum atomic E-state index is 12.2. The number of amides is 2. The molecular weight excluding hydrogens is 334 g/mol. The zero-order valence-electron chi connectivity index (χ0n) is 15.4. The summed E-state index contributed by atoms with van der Waals surface area (Å²) in [5.74, 6) is 1.31. The molecule has 1 aromatic heterocycles. The van der Waals surface area contributed by atoms with Gasteiger partial charge in [0.25, 0.3) is 0 Å². The molecule has 1 N–H and O–H groups in total. The van der Waals surface area contributed by atoms with E-state index in [2.05, 4.69) is 10.3 Å². The molecule has 0 unspecified atom stereocenters. The summed E-state index contributed by atoms with van der Waals surface area (Å²) in [7, 11) is 3.32.